The molecule has 0 aromatic carbocycles. The van der Waals surface area contributed by atoms with Crippen molar-refractivity contribution in [1.82, 2.24) is 10.6 Å². The Bertz CT molecular complexity index is 500. The summed E-state index contributed by atoms with van der Waals surface area (Å²) in [6.45, 7) is 11.1. The summed E-state index contributed by atoms with van der Waals surface area (Å²) in [6.07, 6.45) is 7.74. The number of rotatable bonds is 14. The van der Waals surface area contributed by atoms with Crippen LogP contribution >= 0.6 is 0 Å². The Labute approximate surface area is 176 Å². The molecule has 7 nitrogen and oxygen atoms in total. The standard InChI is InChI=1S/C22H42N2O5/c1-7-8-9-10-11-12-13-14-17(15-18(25)26)23-20(27)19(16(2)3)24-21(28)29-22(4,5)6/h16-17,19H,7-15H2,1-6H3,(H,23,27)(H,24,28)(H,25,26)/t17-,19+/m1/s1. The van der Waals surface area contributed by atoms with Gasteiger partial charge in [0, 0.05) is 6.04 Å². The Morgan fingerprint density at radius 2 is 1.48 bits per heavy atom. The highest BCUT2D eigenvalue weighted by Crippen LogP contribution is 2.13. The van der Waals surface area contributed by atoms with Gasteiger partial charge in [0.15, 0.2) is 0 Å². The van der Waals surface area contributed by atoms with Crippen molar-refractivity contribution in [1.29, 1.82) is 0 Å². The molecule has 0 aromatic rings. The van der Waals surface area contributed by atoms with E-state index in [1.54, 1.807) is 20.8 Å². The van der Waals surface area contributed by atoms with Crippen LogP contribution in [0.1, 0.15) is 99.3 Å². The van der Waals surface area contributed by atoms with Crippen molar-refractivity contribution in [2.24, 2.45) is 5.92 Å². The minimum atomic E-state index is -0.945. The van der Waals surface area contributed by atoms with E-state index in [-0.39, 0.29) is 18.2 Å². The molecular formula is C22H42N2O5. The van der Waals surface area contributed by atoms with E-state index in [0.717, 1.165) is 19.3 Å². The SMILES string of the molecule is CCCCCCCCC[C@H](CC(=O)O)NC(=O)[C@@H](NC(=O)OC(C)(C)C)C(C)C. The third-order valence-electron chi connectivity index (χ3n) is 4.54. The Hall–Kier alpha value is -1.79. The summed E-state index contributed by atoms with van der Waals surface area (Å²) < 4.78 is 5.23. The second kappa shape index (κ2) is 14.2. The van der Waals surface area contributed by atoms with Gasteiger partial charge in [0.1, 0.15) is 11.6 Å². The summed E-state index contributed by atoms with van der Waals surface area (Å²) in [4.78, 5) is 36.0. The van der Waals surface area contributed by atoms with E-state index in [9.17, 15) is 19.5 Å². The second-order valence-electron chi connectivity index (χ2n) is 9.08. The number of carbonyl (C=O) groups excluding carboxylic acids is 2. The number of carboxylic acid groups (broad SMARTS) is 1. The van der Waals surface area contributed by atoms with Gasteiger partial charge in [0.2, 0.25) is 5.91 Å². The molecule has 0 heterocycles. The molecule has 2 amide bonds. The van der Waals surface area contributed by atoms with E-state index in [1.165, 1.54) is 25.7 Å². The highest BCUT2D eigenvalue weighted by atomic mass is 16.6. The summed E-state index contributed by atoms with van der Waals surface area (Å²) in [7, 11) is 0. The first-order valence-electron chi connectivity index (χ1n) is 11.0. The topological polar surface area (TPSA) is 105 Å². The minimum absolute atomic E-state index is 0.126. The van der Waals surface area contributed by atoms with E-state index in [2.05, 4.69) is 17.6 Å². The first-order chi connectivity index (χ1) is 13.5. The molecule has 0 aliphatic carbocycles. The molecule has 29 heavy (non-hydrogen) atoms. The van der Waals surface area contributed by atoms with Crippen LogP contribution in [0.5, 0.6) is 0 Å². The smallest absolute Gasteiger partial charge is 0.408 e. The lowest BCUT2D eigenvalue weighted by atomic mass is 10.0. The number of amides is 2. The molecule has 3 N–H and O–H groups in total. The number of carboxylic acids is 1. The first-order valence-corrected chi connectivity index (χ1v) is 11.0. The van der Waals surface area contributed by atoms with Crippen molar-refractivity contribution in [3.05, 3.63) is 0 Å². The van der Waals surface area contributed by atoms with Crippen LogP contribution in [0.15, 0.2) is 0 Å². The number of nitrogens with one attached hydrogen (secondary N) is 2. The lowest BCUT2D eigenvalue weighted by Gasteiger charge is -2.27. The average molecular weight is 415 g/mol. The van der Waals surface area contributed by atoms with Crippen LogP contribution in [-0.2, 0) is 14.3 Å². The zero-order valence-corrected chi connectivity index (χ0v) is 19.2. The minimum Gasteiger partial charge on any atom is -0.481 e. The summed E-state index contributed by atoms with van der Waals surface area (Å²) in [6, 6.07) is -1.23. The van der Waals surface area contributed by atoms with Gasteiger partial charge in [-0.15, -0.1) is 0 Å². The van der Waals surface area contributed by atoms with Gasteiger partial charge in [-0.3, -0.25) is 9.59 Å². The van der Waals surface area contributed by atoms with Crippen LogP contribution in [0.4, 0.5) is 4.79 Å². The predicted molar refractivity (Wildman–Crippen MR) is 115 cm³/mol. The van der Waals surface area contributed by atoms with Gasteiger partial charge < -0.3 is 20.5 Å². The highest BCUT2D eigenvalue weighted by molar-refractivity contribution is 5.86. The molecule has 0 aliphatic rings. The molecule has 0 saturated heterocycles. The lowest BCUT2D eigenvalue weighted by Crippen LogP contribution is -2.53. The molecule has 7 heteroatoms. The Morgan fingerprint density at radius 3 is 1.97 bits per heavy atom. The molecule has 170 valence electrons. The molecule has 0 bridgehead atoms. The van der Waals surface area contributed by atoms with E-state index in [0.29, 0.717) is 6.42 Å². The van der Waals surface area contributed by atoms with Crippen LogP contribution < -0.4 is 10.6 Å². The first kappa shape index (κ1) is 27.2. The third-order valence-corrected chi connectivity index (χ3v) is 4.54. The van der Waals surface area contributed by atoms with Gasteiger partial charge in [-0.1, -0.05) is 65.7 Å². The molecule has 0 aliphatic heterocycles. The number of ether oxygens (including phenoxy) is 1. The normalized spacial score (nSPS) is 13.6. The molecule has 0 aromatic heterocycles. The van der Waals surface area contributed by atoms with Gasteiger partial charge in [-0.2, -0.15) is 0 Å². The number of carbonyl (C=O) groups is 3. The molecule has 0 rings (SSSR count). The lowest BCUT2D eigenvalue weighted by molar-refractivity contribution is -0.137. The number of hydrogen-bond acceptors (Lipinski definition) is 4. The fourth-order valence-electron chi connectivity index (χ4n) is 3.04. The van der Waals surface area contributed by atoms with Crippen LogP contribution in [-0.4, -0.2) is 40.8 Å². The van der Waals surface area contributed by atoms with Gasteiger partial charge in [-0.25, -0.2) is 4.79 Å². The molecule has 0 fully saturated rings. The zero-order valence-electron chi connectivity index (χ0n) is 19.2. The Balaban J connectivity index is 4.68. The van der Waals surface area contributed by atoms with Crippen molar-refractivity contribution in [3.8, 4) is 0 Å². The Kier molecular flexibility index (Phi) is 13.4. The fourth-order valence-corrected chi connectivity index (χ4v) is 3.04. The maximum Gasteiger partial charge on any atom is 0.408 e. The average Bonchev–Trinajstić information content (AvgIpc) is 2.56. The van der Waals surface area contributed by atoms with Crippen LogP contribution in [0.25, 0.3) is 0 Å². The predicted octanol–water partition coefficient (Wildman–Crippen LogP) is 4.64. The number of alkyl carbamates (subject to hydrolysis) is 1. The second-order valence-corrected chi connectivity index (χ2v) is 9.08. The van der Waals surface area contributed by atoms with E-state index >= 15 is 0 Å². The van der Waals surface area contributed by atoms with Gasteiger partial charge in [0.25, 0.3) is 0 Å². The van der Waals surface area contributed by atoms with E-state index in [1.807, 2.05) is 13.8 Å². The molecule has 0 saturated carbocycles. The summed E-state index contributed by atoms with van der Waals surface area (Å²) in [5.74, 6) is -1.48. The number of aliphatic carboxylic acids is 1. The van der Waals surface area contributed by atoms with Crippen molar-refractivity contribution < 1.29 is 24.2 Å². The van der Waals surface area contributed by atoms with Crippen molar-refractivity contribution in [2.45, 2.75) is 117 Å². The van der Waals surface area contributed by atoms with Crippen LogP contribution in [0.3, 0.4) is 0 Å². The Morgan fingerprint density at radius 1 is 0.931 bits per heavy atom. The quantitative estimate of drug-likeness (QED) is 0.359. The monoisotopic (exact) mass is 414 g/mol. The summed E-state index contributed by atoms with van der Waals surface area (Å²) in [5.41, 5.74) is -0.662. The van der Waals surface area contributed by atoms with Crippen LogP contribution in [0, 0.1) is 5.92 Å². The third kappa shape index (κ3) is 14.8. The number of hydrogen-bond donors (Lipinski definition) is 3. The largest absolute Gasteiger partial charge is 0.481 e. The van der Waals surface area contributed by atoms with E-state index in [4.69, 9.17) is 4.74 Å². The van der Waals surface area contributed by atoms with Crippen molar-refractivity contribution in [3.63, 3.8) is 0 Å². The zero-order chi connectivity index (χ0) is 22.4. The molecule has 0 unspecified atom stereocenters. The van der Waals surface area contributed by atoms with Gasteiger partial charge >= 0.3 is 12.1 Å². The van der Waals surface area contributed by atoms with Crippen molar-refractivity contribution >= 4 is 18.0 Å². The maximum absolute atomic E-state index is 12.7. The molecule has 0 spiro atoms. The van der Waals surface area contributed by atoms with Crippen LogP contribution in [0.2, 0.25) is 0 Å². The maximum atomic E-state index is 12.7. The van der Waals surface area contributed by atoms with Gasteiger partial charge in [-0.05, 0) is 33.1 Å². The van der Waals surface area contributed by atoms with E-state index < -0.39 is 29.7 Å². The molecular weight excluding hydrogens is 372 g/mol. The fraction of sp³-hybridized carbons (Fsp3) is 0.864. The van der Waals surface area contributed by atoms with Gasteiger partial charge in [0.05, 0.1) is 6.42 Å². The highest BCUT2D eigenvalue weighted by Gasteiger charge is 2.28. The molecule has 0 radical (unpaired) electrons. The summed E-state index contributed by atoms with van der Waals surface area (Å²) >= 11 is 0. The summed E-state index contributed by atoms with van der Waals surface area (Å²) in [5, 5.41) is 14.6. The molecule has 2 atom stereocenters. The van der Waals surface area contributed by atoms with Crippen molar-refractivity contribution in [2.75, 3.05) is 0 Å². The number of unbranched alkanes of at least 4 members (excludes halogenated alkanes) is 6.